The highest BCUT2D eigenvalue weighted by Crippen LogP contribution is 2.45. The number of fused-ring (bicyclic) bond motifs is 3. The van der Waals surface area contributed by atoms with Crippen molar-refractivity contribution in [3.05, 3.63) is 53.6 Å². The fraction of sp³-hybridized carbons (Fsp3) is 0.571. The number of carbonyl (C=O) groups excluding carboxylic acids is 5. The number of ether oxygens (including phenoxy) is 2. The van der Waals surface area contributed by atoms with Crippen molar-refractivity contribution in [1.82, 2.24) is 25.2 Å². The number of nitrogens with one attached hydrogen (secondary N) is 3. The molecule has 5 aliphatic rings. The molecule has 5 amide bonds. The Morgan fingerprint density at radius 2 is 1.92 bits per heavy atom. The van der Waals surface area contributed by atoms with Gasteiger partial charge in [0.15, 0.2) is 0 Å². The van der Waals surface area contributed by atoms with Crippen LogP contribution >= 0.6 is 0 Å². The predicted octanol–water partition coefficient (Wildman–Crippen LogP) is 2.73. The van der Waals surface area contributed by atoms with Gasteiger partial charge in [0.1, 0.15) is 23.7 Å². The van der Waals surface area contributed by atoms with Crippen molar-refractivity contribution in [1.29, 1.82) is 0 Å². The topological polar surface area (TPSA) is 181 Å². The number of hydrogen-bond acceptors (Lipinski definition) is 9. The number of amides is 5. The lowest BCUT2D eigenvalue weighted by atomic mass is 10.0. The summed E-state index contributed by atoms with van der Waals surface area (Å²) >= 11 is 0. The Morgan fingerprint density at radius 1 is 1.14 bits per heavy atom. The summed E-state index contributed by atoms with van der Waals surface area (Å²) in [5, 5.41) is 4.73. The van der Waals surface area contributed by atoms with Gasteiger partial charge in [-0.25, -0.2) is 18.0 Å². The van der Waals surface area contributed by atoms with Gasteiger partial charge in [-0.3, -0.25) is 24.0 Å². The van der Waals surface area contributed by atoms with E-state index < -0.39 is 80.7 Å². The summed E-state index contributed by atoms with van der Waals surface area (Å²) in [6.45, 7) is 7.93. The second-order valence-corrected chi connectivity index (χ2v) is 16.1. The molecule has 4 bridgehead atoms. The van der Waals surface area contributed by atoms with Crippen LogP contribution in [0.15, 0.2) is 36.9 Å². The van der Waals surface area contributed by atoms with Crippen molar-refractivity contribution < 1.29 is 41.9 Å². The summed E-state index contributed by atoms with van der Waals surface area (Å²) in [4.78, 5) is 70.7. The number of sulfonamides is 1. The van der Waals surface area contributed by atoms with E-state index in [2.05, 4.69) is 28.0 Å². The van der Waals surface area contributed by atoms with Crippen LogP contribution in [-0.4, -0.2) is 90.3 Å². The molecule has 6 rings (SSSR count). The number of cyclic esters (lactones) is 1. The lowest BCUT2D eigenvalue weighted by Crippen LogP contribution is -2.59. The van der Waals surface area contributed by atoms with Crippen molar-refractivity contribution in [3.8, 4) is 0 Å². The van der Waals surface area contributed by atoms with E-state index in [0.717, 1.165) is 29.5 Å². The Kier molecular flexibility index (Phi) is 9.98. The molecule has 270 valence electrons. The fourth-order valence-electron chi connectivity index (χ4n) is 6.94. The van der Waals surface area contributed by atoms with E-state index in [1.807, 2.05) is 24.3 Å². The summed E-state index contributed by atoms with van der Waals surface area (Å²) in [6, 6.07) is 3.63. The minimum Gasteiger partial charge on any atom is -0.450 e. The second kappa shape index (κ2) is 14.1. The quantitative estimate of drug-likeness (QED) is 0.359. The minimum absolute atomic E-state index is 0.0792. The highest BCUT2D eigenvalue weighted by molar-refractivity contribution is 7.91. The largest absolute Gasteiger partial charge is 0.450 e. The number of hydrogen-bond donors (Lipinski definition) is 3. The van der Waals surface area contributed by atoms with Crippen molar-refractivity contribution >= 4 is 46.0 Å². The number of nitrogens with zero attached hydrogens (tertiary/aromatic N) is 2. The Bertz CT molecular complexity index is 1710. The van der Waals surface area contributed by atoms with E-state index in [9.17, 15) is 32.4 Å². The maximum Gasteiger partial charge on any atom is 0.410 e. The Hall–Kier alpha value is -4.40. The maximum absolute atomic E-state index is 14.1. The van der Waals surface area contributed by atoms with Gasteiger partial charge >= 0.3 is 12.2 Å². The van der Waals surface area contributed by atoms with Crippen molar-refractivity contribution in [2.75, 3.05) is 13.2 Å². The maximum atomic E-state index is 14.1. The first-order valence-electron chi connectivity index (χ1n) is 17.3. The molecule has 3 fully saturated rings. The SMILES string of the molecule is C=C[C@@H]1C[C@]1(NC(=O)[C@@H]1C[C@@H]2CN1C(=O)[C@H](C(C)C)NC(=O)OCCCCC=Cc1cccc3c1CN(C3)C(=O)O2)C(=O)NS(=O)(=O)C1CC1. The van der Waals surface area contributed by atoms with E-state index in [-0.39, 0.29) is 26.0 Å². The zero-order valence-electron chi connectivity index (χ0n) is 28.4. The predicted molar refractivity (Wildman–Crippen MR) is 181 cm³/mol. The standard InChI is InChI=1S/C35H45N5O9S/c1-4-24-17-35(24,32(43)38-50(46,47)26-13-14-26)37-30(41)28-16-25-19-40(28)31(42)29(21(2)3)36-33(44)48-15-8-6-5-7-10-22-11-9-12-23-18-39(20-27(22)23)34(45)49-25/h4,7,9-12,21,24-26,28-29H,1,5-6,8,13-20H2,2-3H3,(H,36,44)(H,37,41)(H,38,43)/t24-,25-,28+,29+,35-/m1/s1. The molecule has 50 heavy (non-hydrogen) atoms. The van der Waals surface area contributed by atoms with Gasteiger partial charge in [-0.15, -0.1) is 6.58 Å². The average Bonchev–Trinajstić information content (AvgIpc) is 3.96. The van der Waals surface area contributed by atoms with Crippen LogP contribution in [0.25, 0.3) is 6.08 Å². The number of benzene rings is 1. The van der Waals surface area contributed by atoms with Gasteiger partial charge in [-0.05, 0) is 61.1 Å². The molecule has 0 unspecified atom stereocenters. The monoisotopic (exact) mass is 711 g/mol. The third kappa shape index (κ3) is 7.37. The zero-order chi connectivity index (χ0) is 35.8. The Labute approximate surface area is 292 Å². The Balaban J connectivity index is 1.25. The smallest absolute Gasteiger partial charge is 0.410 e. The van der Waals surface area contributed by atoms with Gasteiger partial charge in [0.05, 0.1) is 24.9 Å². The molecule has 1 aromatic rings. The van der Waals surface area contributed by atoms with Crippen LogP contribution in [0.5, 0.6) is 0 Å². The van der Waals surface area contributed by atoms with Crippen LogP contribution in [0, 0.1) is 11.8 Å². The summed E-state index contributed by atoms with van der Waals surface area (Å²) in [6.07, 6.45) is 6.41. The third-order valence-electron chi connectivity index (χ3n) is 10.1. The molecule has 1 saturated heterocycles. The zero-order valence-corrected chi connectivity index (χ0v) is 29.2. The highest BCUT2D eigenvalue weighted by atomic mass is 32.2. The minimum atomic E-state index is -3.90. The first-order chi connectivity index (χ1) is 23.8. The molecular formula is C35H45N5O9S. The molecule has 2 saturated carbocycles. The van der Waals surface area contributed by atoms with Gasteiger partial charge in [0.25, 0.3) is 5.91 Å². The first-order valence-corrected chi connectivity index (χ1v) is 18.8. The summed E-state index contributed by atoms with van der Waals surface area (Å²) in [7, 11) is -3.90. The molecule has 3 heterocycles. The van der Waals surface area contributed by atoms with E-state index in [0.29, 0.717) is 32.4 Å². The molecule has 3 N–H and O–H groups in total. The number of allylic oxidation sites excluding steroid dienone is 1. The Morgan fingerprint density at radius 3 is 2.62 bits per heavy atom. The third-order valence-corrected chi connectivity index (χ3v) is 12.0. The van der Waals surface area contributed by atoms with Gasteiger partial charge in [-0.1, -0.05) is 50.3 Å². The van der Waals surface area contributed by atoms with Crippen LogP contribution in [0.4, 0.5) is 9.59 Å². The summed E-state index contributed by atoms with van der Waals surface area (Å²) in [5.74, 6) is -3.10. The van der Waals surface area contributed by atoms with Crippen molar-refractivity contribution in [3.63, 3.8) is 0 Å². The molecule has 3 aliphatic heterocycles. The normalized spacial score (nSPS) is 28.7. The van der Waals surface area contributed by atoms with Crippen LogP contribution in [0.2, 0.25) is 0 Å². The summed E-state index contributed by atoms with van der Waals surface area (Å²) < 4.78 is 38.6. The number of carbonyl (C=O) groups is 5. The lowest BCUT2D eigenvalue weighted by molar-refractivity contribution is -0.141. The summed E-state index contributed by atoms with van der Waals surface area (Å²) in [5.41, 5.74) is 1.45. The van der Waals surface area contributed by atoms with E-state index in [1.165, 1.54) is 11.0 Å². The van der Waals surface area contributed by atoms with Gasteiger partial charge < -0.3 is 25.0 Å². The molecule has 1 aromatic carbocycles. The molecule has 0 aromatic heterocycles. The fourth-order valence-corrected chi connectivity index (χ4v) is 8.31. The number of rotatable bonds is 7. The molecule has 0 radical (unpaired) electrons. The molecule has 2 aliphatic carbocycles. The average molecular weight is 712 g/mol. The lowest BCUT2D eigenvalue weighted by Gasteiger charge is -2.31. The van der Waals surface area contributed by atoms with Gasteiger partial charge in [-0.2, -0.15) is 0 Å². The van der Waals surface area contributed by atoms with Crippen molar-refractivity contribution in [2.24, 2.45) is 11.8 Å². The molecule has 14 nitrogen and oxygen atoms in total. The van der Waals surface area contributed by atoms with E-state index in [4.69, 9.17) is 9.47 Å². The van der Waals surface area contributed by atoms with Gasteiger partial charge in [0, 0.05) is 18.9 Å². The van der Waals surface area contributed by atoms with Crippen LogP contribution in [-0.2, 0) is 47.0 Å². The number of alkyl carbamates (subject to hydrolysis) is 1. The molecule has 0 spiro atoms. The molecule has 15 heteroatoms. The second-order valence-electron chi connectivity index (χ2n) is 14.2. The molecule has 5 atom stereocenters. The highest BCUT2D eigenvalue weighted by Gasteiger charge is 2.62. The molecular weight excluding hydrogens is 666 g/mol. The van der Waals surface area contributed by atoms with Gasteiger partial charge in [0.2, 0.25) is 21.8 Å². The van der Waals surface area contributed by atoms with E-state index >= 15 is 0 Å². The van der Waals surface area contributed by atoms with Crippen LogP contribution in [0.3, 0.4) is 0 Å². The first kappa shape index (κ1) is 35.4. The van der Waals surface area contributed by atoms with Crippen LogP contribution < -0.4 is 15.4 Å². The van der Waals surface area contributed by atoms with Crippen molar-refractivity contribution in [2.45, 2.75) is 101 Å². The van der Waals surface area contributed by atoms with Crippen LogP contribution in [0.1, 0.15) is 75.5 Å². The van der Waals surface area contributed by atoms with E-state index in [1.54, 1.807) is 18.7 Å².